The monoisotopic (exact) mass is 446 g/mol. The molecule has 0 unspecified atom stereocenters. The second-order valence-electron chi connectivity index (χ2n) is 11.9. The van der Waals surface area contributed by atoms with Gasteiger partial charge in [-0.1, -0.05) is 30.9 Å². The molecule has 0 radical (unpaired) electrons. The number of carbonyl (C=O) groups excluding carboxylic acids is 2. The van der Waals surface area contributed by atoms with Crippen molar-refractivity contribution in [2.75, 3.05) is 0 Å². The van der Waals surface area contributed by atoms with Crippen LogP contribution in [0.2, 0.25) is 0 Å². The van der Waals surface area contributed by atoms with Crippen LogP contribution in [0, 0.1) is 52.8 Å². The minimum absolute atomic E-state index is 0.0551. The summed E-state index contributed by atoms with van der Waals surface area (Å²) < 4.78 is 0. The Hall–Kier alpha value is -1.92. The molecule has 4 saturated carbocycles. The van der Waals surface area contributed by atoms with Crippen LogP contribution in [-0.4, -0.2) is 22.3 Å². The largest absolute Gasteiger partial charge is 0.378 e. The highest BCUT2D eigenvalue weighted by Gasteiger charge is 2.58. The van der Waals surface area contributed by atoms with E-state index in [0.717, 1.165) is 43.1 Å². The molecule has 0 aliphatic heterocycles. The van der Waals surface area contributed by atoms with E-state index in [9.17, 15) is 14.7 Å². The van der Waals surface area contributed by atoms with E-state index in [-0.39, 0.29) is 17.1 Å². The van der Waals surface area contributed by atoms with Crippen molar-refractivity contribution in [2.24, 2.45) is 40.9 Å². The molecule has 0 saturated heterocycles. The Balaban J connectivity index is 1.28. The van der Waals surface area contributed by atoms with Gasteiger partial charge in [0.25, 0.3) is 0 Å². The first-order valence-electron chi connectivity index (χ1n) is 13.1. The smallest absolute Gasteiger partial charge is 0.159 e. The van der Waals surface area contributed by atoms with Crippen molar-refractivity contribution in [1.82, 2.24) is 0 Å². The third-order valence-electron chi connectivity index (χ3n) is 10.2. The molecule has 4 fully saturated rings. The average molecular weight is 447 g/mol. The highest BCUT2D eigenvalue weighted by molar-refractivity contribution is 5.94. The molecule has 8 atom stereocenters. The van der Waals surface area contributed by atoms with E-state index in [1.807, 2.05) is 31.2 Å². The Morgan fingerprint density at radius 1 is 0.909 bits per heavy atom. The summed E-state index contributed by atoms with van der Waals surface area (Å²) in [7, 11) is 0. The predicted octanol–water partition coefficient (Wildman–Crippen LogP) is 5.83. The van der Waals surface area contributed by atoms with Crippen LogP contribution in [0.3, 0.4) is 0 Å². The van der Waals surface area contributed by atoms with Gasteiger partial charge in [0.1, 0.15) is 11.4 Å². The molecule has 0 aromatic heterocycles. The Morgan fingerprint density at radius 2 is 1.64 bits per heavy atom. The summed E-state index contributed by atoms with van der Waals surface area (Å²) in [6.07, 6.45) is 9.86. The van der Waals surface area contributed by atoms with Crippen LogP contribution in [0.5, 0.6) is 0 Å². The minimum Gasteiger partial charge on any atom is -0.378 e. The van der Waals surface area contributed by atoms with Gasteiger partial charge in [-0.15, -0.1) is 0 Å². The zero-order chi connectivity index (χ0) is 23.4. The predicted molar refractivity (Wildman–Crippen MR) is 130 cm³/mol. The van der Waals surface area contributed by atoms with E-state index in [4.69, 9.17) is 0 Å². The van der Waals surface area contributed by atoms with Gasteiger partial charge in [0.2, 0.25) is 0 Å². The molecule has 33 heavy (non-hydrogen) atoms. The average Bonchev–Trinajstić information content (AvgIpc) is 3.15. The SMILES string of the molecule is CC(=O)c1ccc(C#C[C@@]2(O)CC[C@H]3[C@H](CC[C@@H]4[C@@H]3CC[C@]3(C)[C@@H](C(C)=O)CC[C@@H]43)C2)cc1. The van der Waals surface area contributed by atoms with Gasteiger partial charge in [-0.2, -0.15) is 0 Å². The van der Waals surface area contributed by atoms with Crippen molar-refractivity contribution < 1.29 is 14.7 Å². The molecule has 1 aromatic rings. The number of benzene rings is 1. The lowest BCUT2D eigenvalue weighted by molar-refractivity contribution is -0.129. The van der Waals surface area contributed by atoms with Gasteiger partial charge >= 0.3 is 0 Å². The highest BCUT2D eigenvalue weighted by Crippen LogP contribution is 2.64. The van der Waals surface area contributed by atoms with Gasteiger partial charge in [-0.25, -0.2) is 0 Å². The molecular weight excluding hydrogens is 408 g/mol. The van der Waals surface area contributed by atoms with Gasteiger partial charge in [-0.3, -0.25) is 9.59 Å². The lowest BCUT2D eigenvalue weighted by atomic mass is 9.49. The van der Waals surface area contributed by atoms with Gasteiger partial charge in [0.15, 0.2) is 5.78 Å². The third-order valence-corrected chi connectivity index (χ3v) is 10.2. The molecule has 4 aliphatic carbocycles. The maximum Gasteiger partial charge on any atom is 0.159 e. The van der Waals surface area contributed by atoms with Crippen molar-refractivity contribution in [3.8, 4) is 11.8 Å². The lowest BCUT2D eigenvalue weighted by Gasteiger charge is -2.56. The lowest BCUT2D eigenvalue weighted by Crippen LogP contribution is -2.51. The van der Waals surface area contributed by atoms with E-state index < -0.39 is 5.60 Å². The number of Topliss-reactive ketones (excluding diaryl/α,β-unsaturated/α-hetero) is 2. The quantitative estimate of drug-likeness (QED) is 0.459. The molecule has 1 aromatic carbocycles. The second kappa shape index (κ2) is 8.38. The number of carbonyl (C=O) groups is 2. The fourth-order valence-electron chi connectivity index (χ4n) is 8.64. The number of hydrogen-bond acceptors (Lipinski definition) is 3. The molecule has 176 valence electrons. The van der Waals surface area contributed by atoms with Crippen molar-refractivity contribution in [3.63, 3.8) is 0 Å². The van der Waals surface area contributed by atoms with Gasteiger partial charge < -0.3 is 5.11 Å². The van der Waals surface area contributed by atoms with Crippen molar-refractivity contribution in [3.05, 3.63) is 35.4 Å². The number of rotatable bonds is 2. The maximum atomic E-state index is 12.3. The fraction of sp³-hybridized carbons (Fsp3) is 0.667. The molecular formula is C30H38O3. The van der Waals surface area contributed by atoms with Crippen molar-refractivity contribution >= 4 is 11.6 Å². The first kappa shape index (κ1) is 22.9. The summed E-state index contributed by atoms with van der Waals surface area (Å²) in [6, 6.07) is 7.37. The number of fused-ring (bicyclic) bond motifs is 5. The van der Waals surface area contributed by atoms with Crippen LogP contribution >= 0.6 is 0 Å². The normalized spacial score (nSPS) is 41.7. The van der Waals surface area contributed by atoms with E-state index in [2.05, 4.69) is 18.8 Å². The zero-order valence-corrected chi connectivity index (χ0v) is 20.4. The van der Waals surface area contributed by atoms with E-state index in [0.29, 0.717) is 29.1 Å². The molecule has 0 bridgehead atoms. The third kappa shape index (κ3) is 3.99. The van der Waals surface area contributed by atoms with Crippen LogP contribution in [0.15, 0.2) is 24.3 Å². The molecule has 0 heterocycles. The van der Waals surface area contributed by atoms with Crippen LogP contribution in [0.1, 0.15) is 94.5 Å². The van der Waals surface area contributed by atoms with Gasteiger partial charge in [0, 0.05) is 17.0 Å². The Morgan fingerprint density at radius 3 is 2.33 bits per heavy atom. The highest BCUT2D eigenvalue weighted by atomic mass is 16.3. The van der Waals surface area contributed by atoms with Gasteiger partial charge in [-0.05, 0) is 119 Å². The summed E-state index contributed by atoms with van der Waals surface area (Å²) in [4.78, 5) is 23.8. The molecule has 1 N–H and O–H groups in total. The molecule has 0 spiro atoms. The molecule has 5 rings (SSSR count). The summed E-state index contributed by atoms with van der Waals surface area (Å²) in [6.45, 7) is 5.79. The van der Waals surface area contributed by atoms with Crippen LogP contribution in [0.25, 0.3) is 0 Å². The van der Waals surface area contributed by atoms with Crippen molar-refractivity contribution in [2.45, 2.75) is 84.2 Å². The summed E-state index contributed by atoms with van der Waals surface area (Å²) in [5.41, 5.74) is 0.867. The van der Waals surface area contributed by atoms with Crippen LogP contribution in [-0.2, 0) is 4.79 Å². The Kier molecular flexibility index (Phi) is 5.81. The summed E-state index contributed by atoms with van der Waals surface area (Å²) >= 11 is 0. The van der Waals surface area contributed by atoms with E-state index in [1.54, 1.807) is 6.92 Å². The van der Waals surface area contributed by atoms with Crippen LogP contribution < -0.4 is 0 Å². The summed E-state index contributed by atoms with van der Waals surface area (Å²) in [5.74, 6) is 10.7. The Labute approximate surface area is 198 Å². The molecule has 3 heteroatoms. The topological polar surface area (TPSA) is 54.4 Å². The molecule has 4 aliphatic rings. The Bertz CT molecular complexity index is 998. The first-order chi connectivity index (χ1) is 15.7. The number of hydrogen-bond donors (Lipinski definition) is 1. The van der Waals surface area contributed by atoms with E-state index >= 15 is 0 Å². The minimum atomic E-state index is -0.899. The number of aliphatic hydroxyl groups is 1. The number of ketones is 2. The fourth-order valence-corrected chi connectivity index (χ4v) is 8.64. The van der Waals surface area contributed by atoms with Crippen LogP contribution in [0.4, 0.5) is 0 Å². The maximum absolute atomic E-state index is 12.3. The zero-order valence-electron chi connectivity index (χ0n) is 20.4. The standard InChI is InChI=1S/C30H38O3/c1-19(31)22-6-4-21(5-7-22)12-16-30(33)17-14-24-23(18-30)8-9-26-25(24)13-15-29(3)27(20(2)32)10-11-28(26)29/h4-7,23-28,33H,8-11,13-15,17-18H2,1-3H3/t23-,24+,25-,26-,27-,28+,29-,30-/m1/s1. The second-order valence-corrected chi connectivity index (χ2v) is 11.9. The van der Waals surface area contributed by atoms with E-state index in [1.165, 1.54) is 32.1 Å². The first-order valence-corrected chi connectivity index (χ1v) is 13.1. The summed E-state index contributed by atoms with van der Waals surface area (Å²) in [5, 5.41) is 11.3. The van der Waals surface area contributed by atoms with Crippen molar-refractivity contribution in [1.29, 1.82) is 0 Å². The van der Waals surface area contributed by atoms with Gasteiger partial charge in [0.05, 0.1) is 0 Å². The molecule has 3 nitrogen and oxygen atoms in total. The molecule has 0 amide bonds.